The van der Waals surface area contributed by atoms with Crippen molar-refractivity contribution < 1.29 is 13.0 Å². The van der Waals surface area contributed by atoms with Gasteiger partial charge in [-0.2, -0.15) is 0 Å². The Morgan fingerprint density at radius 1 is 1.29 bits per heavy atom. The highest BCUT2D eigenvalue weighted by molar-refractivity contribution is 7.85. The van der Waals surface area contributed by atoms with E-state index in [-0.39, 0.29) is 5.75 Å². The third-order valence-electron chi connectivity index (χ3n) is 3.50. The van der Waals surface area contributed by atoms with Gasteiger partial charge in [-0.1, -0.05) is 6.42 Å². The van der Waals surface area contributed by atoms with Crippen LogP contribution in [-0.2, 0) is 10.1 Å². The van der Waals surface area contributed by atoms with Crippen molar-refractivity contribution in [1.29, 1.82) is 0 Å². The summed E-state index contributed by atoms with van der Waals surface area (Å²) in [6, 6.07) is 0.468. The van der Waals surface area contributed by atoms with Crippen LogP contribution in [0.25, 0.3) is 0 Å². The van der Waals surface area contributed by atoms with Crippen molar-refractivity contribution in [2.24, 2.45) is 11.8 Å². The van der Waals surface area contributed by atoms with E-state index in [2.05, 4.69) is 5.32 Å². The van der Waals surface area contributed by atoms with E-state index >= 15 is 0 Å². The number of hydrogen-bond donors (Lipinski definition) is 1. The molecule has 0 spiro atoms. The maximum atomic E-state index is 10.4. The zero-order valence-electron chi connectivity index (χ0n) is 8.11. The second-order valence-electron chi connectivity index (χ2n) is 4.50. The van der Waals surface area contributed by atoms with Crippen LogP contribution in [0.2, 0.25) is 0 Å². The predicted octanol–water partition coefficient (Wildman–Crippen LogP) is 0.310. The van der Waals surface area contributed by atoms with Gasteiger partial charge in [-0.3, -0.25) is 0 Å². The van der Waals surface area contributed by atoms with Gasteiger partial charge in [0.25, 0.3) is 0 Å². The summed E-state index contributed by atoms with van der Waals surface area (Å²) < 4.78 is 31.1. The SMILES string of the molecule is O=S(=O)([O-])CCNC1CC2CCC1C2. The summed E-state index contributed by atoms with van der Waals surface area (Å²) >= 11 is 0. The van der Waals surface area contributed by atoms with Crippen LogP contribution in [0.15, 0.2) is 0 Å². The normalized spacial score (nSPS) is 36.5. The molecular weight excluding hydrogens is 202 g/mol. The number of hydrogen-bond acceptors (Lipinski definition) is 4. The van der Waals surface area contributed by atoms with Crippen LogP contribution >= 0.6 is 0 Å². The molecule has 2 bridgehead atoms. The van der Waals surface area contributed by atoms with Crippen molar-refractivity contribution in [3.8, 4) is 0 Å². The number of fused-ring (bicyclic) bond motifs is 2. The smallest absolute Gasteiger partial charge is 0.0958 e. The largest absolute Gasteiger partial charge is 0.748 e. The monoisotopic (exact) mass is 218 g/mol. The minimum atomic E-state index is -4.04. The van der Waals surface area contributed by atoms with Crippen LogP contribution in [0, 0.1) is 11.8 Å². The molecule has 0 aromatic carbocycles. The molecular formula is C9H16NO3S-. The Balaban J connectivity index is 1.72. The third kappa shape index (κ3) is 2.46. The fourth-order valence-electron chi connectivity index (χ4n) is 2.86. The van der Waals surface area contributed by atoms with Crippen LogP contribution in [-0.4, -0.2) is 31.3 Å². The molecule has 14 heavy (non-hydrogen) atoms. The van der Waals surface area contributed by atoms with Gasteiger partial charge >= 0.3 is 0 Å². The Kier molecular flexibility index (Phi) is 2.81. The van der Waals surface area contributed by atoms with E-state index in [1.165, 1.54) is 25.7 Å². The molecule has 2 aliphatic rings. The van der Waals surface area contributed by atoms with E-state index in [1.807, 2.05) is 0 Å². The molecule has 3 atom stereocenters. The summed E-state index contributed by atoms with van der Waals surface area (Å²) in [6.07, 6.45) is 5.07. The molecule has 3 unspecified atom stereocenters. The highest BCUT2D eigenvalue weighted by Crippen LogP contribution is 2.44. The highest BCUT2D eigenvalue weighted by atomic mass is 32.2. The van der Waals surface area contributed by atoms with Crippen molar-refractivity contribution in [2.75, 3.05) is 12.3 Å². The molecule has 5 heteroatoms. The van der Waals surface area contributed by atoms with Gasteiger partial charge in [0.05, 0.1) is 15.9 Å². The van der Waals surface area contributed by atoms with Crippen LogP contribution in [0.4, 0.5) is 0 Å². The highest BCUT2D eigenvalue weighted by Gasteiger charge is 2.38. The topological polar surface area (TPSA) is 69.2 Å². The van der Waals surface area contributed by atoms with Gasteiger partial charge in [-0.05, 0) is 31.1 Å². The third-order valence-corrected chi connectivity index (χ3v) is 4.20. The Hall–Kier alpha value is -0.130. The van der Waals surface area contributed by atoms with E-state index in [9.17, 15) is 13.0 Å². The second kappa shape index (κ2) is 3.79. The Labute approximate surface area is 84.8 Å². The van der Waals surface area contributed by atoms with Crippen LogP contribution < -0.4 is 5.32 Å². The van der Waals surface area contributed by atoms with Gasteiger partial charge in [-0.25, -0.2) is 8.42 Å². The predicted molar refractivity (Wildman–Crippen MR) is 51.8 cm³/mol. The summed E-state index contributed by atoms with van der Waals surface area (Å²) in [6.45, 7) is 0.319. The van der Waals surface area contributed by atoms with Crippen molar-refractivity contribution >= 4 is 10.1 Å². The van der Waals surface area contributed by atoms with Gasteiger partial charge in [-0.15, -0.1) is 0 Å². The second-order valence-corrected chi connectivity index (χ2v) is 6.02. The molecule has 4 nitrogen and oxygen atoms in total. The molecule has 2 rings (SSSR count). The molecule has 0 aromatic heterocycles. The lowest BCUT2D eigenvalue weighted by Crippen LogP contribution is -2.36. The molecule has 82 valence electrons. The molecule has 0 amide bonds. The molecule has 0 heterocycles. The van der Waals surface area contributed by atoms with Crippen molar-refractivity contribution in [2.45, 2.75) is 31.7 Å². The van der Waals surface area contributed by atoms with E-state index in [0.717, 1.165) is 11.8 Å². The van der Waals surface area contributed by atoms with Crippen molar-refractivity contribution in [3.63, 3.8) is 0 Å². The van der Waals surface area contributed by atoms with E-state index in [0.29, 0.717) is 12.6 Å². The van der Waals surface area contributed by atoms with Gasteiger partial charge in [0.2, 0.25) is 0 Å². The van der Waals surface area contributed by atoms with Crippen LogP contribution in [0.5, 0.6) is 0 Å². The van der Waals surface area contributed by atoms with E-state index < -0.39 is 10.1 Å². The molecule has 0 aliphatic heterocycles. The maximum Gasteiger partial charge on any atom is 0.0958 e. The number of nitrogens with one attached hydrogen (secondary N) is 1. The van der Waals surface area contributed by atoms with Crippen molar-refractivity contribution in [3.05, 3.63) is 0 Å². The quantitative estimate of drug-likeness (QED) is 0.689. The first kappa shape index (κ1) is 10.4. The van der Waals surface area contributed by atoms with Gasteiger partial charge in [0.1, 0.15) is 0 Å². The average molecular weight is 218 g/mol. The van der Waals surface area contributed by atoms with Crippen LogP contribution in [0.1, 0.15) is 25.7 Å². The first-order chi connectivity index (χ1) is 6.54. The molecule has 0 radical (unpaired) electrons. The zero-order valence-corrected chi connectivity index (χ0v) is 8.92. The molecule has 0 saturated heterocycles. The minimum Gasteiger partial charge on any atom is -0.748 e. The van der Waals surface area contributed by atoms with Gasteiger partial charge in [0.15, 0.2) is 0 Å². The lowest BCUT2D eigenvalue weighted by Gasteiger charge is -2.23. The lowest BCUT2D eigenvalue weighted by atomic mass is 9.95. The van der Waals surface area contributed by atoms with Gasteiger partial charge in [0, 0.05) is 12.6 Å². The molecule has 2 aliphatic carbocycles. The number of rotatable bonds is 4. The van der Waals surface area contributed by atoms with Crippen molar-refractivity contribution in [1.82, 2.24) is 5.32 Å². The fourth-order valence-corrected chi connectivity index (χ4v) is 3.23. The molecule has 2 saturated carbocycles. The summed E-state index contributed by atoms with van der Waals surface area (Å²) in [5.74, 6) is 1.30. The Bertz CT molecular complexity index is 301. The standard InChI is InChI=1S/C9H17NO3S/c11-14(12,13)4-3-10-9-6-7-1-2-8(9)5-7/h7-10H,1-6H2,(H,11,12,13)/p-1. The lowest BCUT2D eigenvalue weighted by molar-refractivity contribution is 0.356. The zero-order chi connectivity index (χ0) is 10.2. The first-order valence-corrected chi connectivity index (χ1v) is 6.79. The molecule has 2 fully saturated rings. The summed E-state index contributed by atoms with van der Waals surface area (Å²) in [4.78, 5) is 0. The first-order valence-electron chi connectivity index (χ1n) is 5.21. The maximum absolute atomic E-state index is 10.4. The fraction of sp³-hybridized carbons (Fsp3) is 1.00. The van der Waals surface area contributed by atoms with Gasteiger partial charge < -0.3 is 9.87 Å². The summed E-state index contributed by atoms with van der Waals surface area (Å²) in [5, 5.41) is 3.19. The van der Waals surface area contributed by atoms with E-state index in [4.69, 9.17) is 0 Å². The van der Waals surface area contributed by atoms with Crippen LogP contribution in [0.3, 0.4) is 0 Å². The van der Waals surface area contributed by atoms with E-state index in [1.54, 1.807) is 0 Å². The Morgan fingerprint density at radius 3 is 2.57 bits per heavy atom. The Morgan fingerprint density at radius 2 is 2.07 bits per heavy atom. The molecule has 0 aromatic rings. The minimum absolute atomic E-state index is 0.277. The summed E-state index contributed by atoms with van der Waals surface area (Å²) in [7, 11) is -4.04. The molecule has 1 N–H and O–H groups in total. The summed E-state index contributed by atoms with van der Waals surface area (Å²) in [5.41, 5.74) is 0. The average Bonchev–Trinajstić information content (AvgIpc) is 2.62.